The Morgan fingerprint density at radius 3 is 1.08 bits per heavy atom. The smallest absolute Gasteiger partial charge is 0.220 e. The van der Waals surface area contributed by atoms with Crippen molar-refractivity contribution in [2.45, 2.75) is 401 Å². The highest BCUT2D eigenvalue weighted by Crippen LogP contribution is 2.33. The van der Waals surface area contributed by atoms with Crippen LogP contribution in [0.4, 0.5) is 0 Å². The molecular weight excluding hydrogens is 1210 g/mol. The van der Waals surface area contributed by atoms with Crippen LogP contribution >= 0.6 is 0 Å². The van der Waals surface area contributed by atoms with E-state index < -0.39 is 124 Å². The molecule has 95 heavy (non-hydrogen) atoms. The fraction of sp³-hybridized carbons (Fsp3) is 0.882. The largest absolute Gasteiger partial charge is 0.394 e. The second-order valence-electron chi connectivity index (χ2n) is 27.5. The molecule has 3 heterocycles. The minimum Gasteiger partial charge on any atom is -0.394 e. The number of hydrogen-bond donors (Lipinski definition) is 12. The van der Waals surface area contributed by atoms with Gasteiger partial charge in [0.25, 0.3) is 0 Å². The van der Waals surface area contributed by atoms with Gasteiger partial charge in [0.1, 0.15) is 73.2 Å². The van der Waals surface area contributed by atoms with Crippen molar-refractivity contribution in [3.63, 3.8) is 0 Å². The zero-order valence-electron chi connectivity index (χ0n) is 59.2. The van der Waals surface area contributed by atoms with E-state index >= 15 is 0 Å². The van der Waals surface area contributed by atoms with E-state index in [-0.39, 0.29) is 18.9 Å². The summed E-state index contributed by atoms with van der Waals surface area (Å²) >= 11 is 0. The van der Waals surface area contributed by atoms with Crippen LogP contribution < -0.4 is 5.32 Å². The van der Waals surface area contributed by atoms with E-state index in [0.717, 1.165) is 70.6 Å². The molecule has 0 aromatic heterocycles. The lowest BCUT2D eigenvalue weighted by Crippen LogP contribution is -2.66. The summed E-state index contributed by atoms with van der Waals surface area (Å²) < 4.78 is 34.4. The Labute approximate surface area is 573 Å². The molecule has 0 saturated carbocycles. The number of aliphatic hydroxyl groups excluding tert-OH is 11. The molecule has 3 fully saturated rings. The maximum atomic E-state index is 13.4. The van der Waals surface area contributed by atoms with E-state index in [2.05, 4.69) is 55.6 Å². The van der Waals surface area contributed by atoms with Gasteiger partial charge in [-0.2, -0.15) is 0 Å². The van der Waals surface area contributed by atoms with Crippen molar-refractivity contribution < 1.29 is 89.4 Å². The second kappa shape index (κ2) is 57.4. The SMILES string of the molecule is CCCCCCC/C=C\C/C=C\C/C=C\CCCCCCCCCCC(=O)NC(COC1OC(CO)C(OC2OC(CO)C(OC3OC(CO)C(O)C(O)C3O)C(O)C2O)C(O)C1O)C(O)/C=C/CCCCCCCCCCCCCCCCCCCCCCCCCCC. The summed E-state index contributed by atoms with van der Waals surface area (Å²) in [5, 5.41) is 121. The number of amides is 1. The van der Waals surface area contributed by atoms with Gasteiger partial charge in [0.2, 0.25) is 5.91 Å². The van der Waals surface area contributed by atoms with Crippen LogP contribution in [0.3, 0.4) is 0 Å². The second-order valence-corrected chi connectivity index (χ2v) is 27.5. The Balaban J connectivity index is 1.41. The number of unbranched alkanes of at least 4 members (excludes halogenated alkanes) is 38. The van der Waals surface area contributed by atoms with E-state index in [4.69, 9.17) is 28.4 Å². The van der Waals surface area contributed by atoms with Gasteiger partial charge < -0.3 is 89.9 Å². The molecule has 0 aromatic carbocycles. The summed E-state index contributed by atoms with van der Waals surface area (Å²) in [6.07, 6.45) is 43.7. The molecule has 0 aliphatic carbocycles. The number of ether oxygens (including phenoxy) is 6. The quantitative estimate of drug-likeness (QED) is 0.0199. The highest BCUT2D eigenvalue weighted by Gasteiger charge is 2.53. The van der Waals surface area contributed by atoms with Crippen LogP contribution in [0.2, 0.25) is 0 Å². The molecule has 3 aliphatic rings. The van der Waals surface area contributed by atoms with Gasteiger partial charge in [-0.3, -0.25) is 4.79 Å². The number of aliphatic hydroxyl groups is 11. The molecule has 0 spiro atoms. The molecule has 1 amide bonds. The van der Waals surface area contributed by atoms with Crippen molar-refractivity contribution >= 4 is 5.91 Å². The Morgan fingerprint density at radius 1 is 0.379 bits per heavy atom. The van der Waals surface area contributed by atoms with Crippen LogP contribution in [0, 0.1) is 0 Å². The summed E-state index contributed by atoms with van der Waals surface area (Å²) in [6.45, 7) is 1.75. The summed E-state index contributed by atoms with van der Waals surface area (Å²) in [5.74, 6) is -0.280. The number of carbonyl (C=O) groups is 1. The third-order valence-electron chi connectivity index (χ3n) is 19.1. The summed E-state index contributed by atoms with van der Waals surface area (Å²) in [4.78, 5) is 13.4. The molecule has 0 aromatic rings. The molecule has 17 unspecified atom stereocenters. The van der Waals surface area contributed by atoms with Gasteiger partial charge >= 0.3 is 0 Å². The third-order valence-corrected chi connectivity index (χ3v) is 19.1. The Kier molecular flexibility index (Phi) is 52.5. The van der Waals surface area contributed by atoms with Crippen molar-refractivity contribution in [2.24, 2.45) is 0 Å². The van der Waals surface area contributed by atoms with Gasteiger partial charge in [-0.15, -0.1) is 0 Å². The van der Waals surface area contributed by atoms with E-state index in [0.29, 0.717) is 6.42 Å². The van der Waals surface area contributed by atoms with Crippen LogP contribution in [-0.4, -0.2) is 193 Å². The molecule has 19 nitrogen and oxygen atoms in total. The molecule has 3 saturated heterocycles. The first kappa shape index (κ1) is 87.0. The van der Waals surface area contributed by atoms with Gasteiger partial charge in [-0.1, -0.05) is 281 Å². The number of hydrogen-bond acceptors (Lipinski definition) is 18. The van der Waals surface area contributed by atoms with Crippen molar-refractivity contribution in [2.75, 3.05) is 26.4 Å². The number of carbonyl (C=O) groups excluding carboxylic acids is 1. The van der Waals surface area contributed by atoms with Crippen molar-refractivity contribution in [1.82, 2.24) is 5.32 Å². The number of rotatable bonds is 60. The molecule has 19 heteroatoms. The standard InChI is InChI=1S/C76H139NO18/c1-3-5-7-9-11-13-15-17-19-21-23-25-27-28-29-30-32-33-35-37-39-41-43-45-47-49-51-53-60(81)59(77-64(82)54-52-50-48-46-44-42-40-38-36-34-31-26-24-22-20-18-16-14-12-10-8-6-4-2)58-90-74-70(88)67(85)72(62(56-79)92-74)95-76-71(89)68(86)73(63(57-80)93-76)94-75-69(87)66(84)65(83)61(55-78)91-75/h16,18,22,24,31,34,51,53,59-63,65-76,78-81,83-89H,3-15,17,19-21,23,25-30,32-33,35-50,52,54-58H2,1-2H3,(H,77,82)/b18-16-,24-22-,34-31-,53-51+. The highest BCUT2D eigenvalue weighted by atomic mass is 16.8. The normalized spacial score (nSPS) is 27.4. The molecular formula is C76H139NO18. The lowest BCUT2D eigenvalue weighted by Gasteiger charge is -2.48. The van der Waals surface area contributed by atoms with Crippen LogP contribution in [-0.2, 0) is 33.2 Å². The van der Waals surface area contributed by atoms with Crippen LogP contribution in [0.5, 0.6) is 0 Å². The van der Waals surface area contributed by atoms with Gasteiger partial charge in [0, 0.05) is 6.42 Å². The Hall–Kier alpha value is -2.25. The maximum absolute atomic E-state index is 13.4. The first-order valence-electron chi connectivity index (χ1n) is 38.4. The highest BCUT2D eigenvalue weighted by molar-refractivity contribution is 5.76. The molecule has 3 rings (SSSR count). The predicted octanol–water partition coefficient (Wildman–Crippen LogP) is 11.7. The fourth-order valence-electron chi connectivity index (χ4n) is 12.9. The van der Waals surface area contributed by atoms with Crippen LogP contribution in [0.1, 0.15) is 296 Å². The van der Waals surface area contributed by atoms with Crippen molar-refractivity contribution in [3.05, 3.63) is 48.6 Å². The van der Waals surface area contributed by atoms with E-state index in [1.165, 1.54) is 199 Å². The monoisotopic (exact) mass is 1350 g/mol. The van der Waals surface area contributed by atoms with Crippen molar-refractivity contribution in [1.29, 1.82) is 0 Å². The zero-order valence-corrected chi connectivity index (χ0v) is 59.2. The average Bonchev–Trinajstić information content (AvgIpc) is 0.787. The number of allylic oxidation sites excluding steroid dienone is 7. The Morgan fingerprint density at radius 2 is 0.695 bits per heavy atom. The first-order valence-corrected chi connectivity index (χ1v) is 38.4. The van der Waals surface area contributed by atoms with Gasteiger partial charge in [0.05, 0.1) is 38.6 Å². The molecule has 0 radical (unpaired) electrons. The minimum atomic E-state index is -1.98. The van der Waals surface area contributed by atoms with Crippen molar-refractivity contribution in [3.8, 4) is 0 Å². The maximum Gasteiger partial charge on any atom is 0.220 e. The zero-order chi connectivity index (χ0) is 68.9. The molecule has 12 N–H and O–H groups in total. The summed E-state index contributed by atoms with van der Waals surface area (Å²) in [7, 11) is 0. The summed E-state index contributed by atoms with van der Waals surface area (Å²) in [5.41, 5.74) is 0. The summed E-state index contributed by atoms with van der Waals surface area (Å²) in [6, 6.07) is -0.980. The minimum absolute atomic E-state index is 0.234. The van der Waals surface area contributed by atoms with Gasteiger partial charge in [-0.25, -0.2) is 0 Å². The van der Waals surface area contributed by atoms with E-state index in [1.54, 1.807) is 6.08 Å². The third kappa shape index (κ3) is 38.4. The number of nitrogens with one attached hydrogen (secondary N) is 1. The van der Waals surface area contributed by atoms with Crippen LogP contribution in [0.25, 0.3) is 0 Å². The van der Waals surface area contributed by atoms with Gasteiger partial charge in [0.15, 0.2) is 18.9 Å². The lowest BCUT2D eigenvalue weighted by molar-refractivity contribution is -0.379. The molecule has 0 bridgehead atoms. The van der Waals surface area contributed by atoms with Crippen LogP contribution in [0.15, 0.2) is 48.6 Å². The topological polar surface area (TPSA) is 307 Å². The average molecular weight is 1350 g/mol. The Bertz CT molecular complexity index is 1910. The first-order chi connectivity index (χ1) is 46.3. The van der Waals surface area contributed by atoms with Gasteiger partial charge in [-0.05, 0) is 57.8 Å². The molecule has 3 aliphatic heterocycles. The molecule has 17 atom stereocenters. The predicted molar refractivity (Wildman–Crippen MR) is 374 cm³/mol. The van der Waals surface area contributed by atoms with E-state index in [9.17, 15) is 61.0 Å². The van der Waals surface area contributed by atoms with E-state index in [1.807, 2.05) is 6.08 Å². The molecule has 556 valence electrons. The lowest BCUT2D eigenvalue weighted by atomic mass is 9.96. The fourth-order valence-corrected chi connectivity index (χ4v) is 12.9.